The lowest BCUT2D eigenvalue weighted by Gasteiger charge is -2.27. The Morgan fingerprint density at radius 3 is 1.76 bits per heavy atom. The maximum atomic E-state index is 7.20. The third kappa shape index (κ3) is 5.25. The Kier molecular flexibility index (Phi) is 7.47. The molecule has 5 heteroatoms. The molecule has 9 aromatic carbocycles. The number of nitrogens with zero attached hydrogens (tertiary/aromatic N) is 4. The highest BCUT2D eigenvalue weighted by molar-refractivity contribution is 6.27. The van der Waals surface area contributed by atoms with Gasteiger partial charge in [-0.3, -0.25) is 4.57 Å². The van der Waals surface area contributed by atoms with E-state index in [1.807, 2.05) is 18.2 Å². The minimum Gasteiger partial charge on any atom is -0.454 e. The summed E-state index contributed by atoms with van der Waals surface area (Å²) in [7, 11) is 0. The van der Waals surface area contributed by atoms with Crippen molar-refractivity contribution in [2.75, 3.05) is 4.90 Å². The number of fused-ring (bicyclic) bond motifs is 10. The van der Waals surface area contributed by atoms with Crippen LogP contribution in [0.15, 0.2) is 211 Å². The minimum absolute atomic E-state index is 0.599. The van der Waals surface area contributed by atoms with Crippen molar-refractivity contribution in [2.24, 2.45) is 0 Å². The van der Waals surface area contributed by atoms with Gasteiger partial charge in [-0.25, -0.2) is 9.97 Å². The molecule has 0 N–H and O–H groups in total. The van der Waals surface area contributed by atoms with Crippen molar-refractivity contribution >= 4 is 82.5 Å². The molecule has 3 aromatic heterocycles. The summed E-state index contributed by atoms with van der Waals surface area (Å²) in [5, 5.41) is 7.58. The number of anilines is 3. The van der Waals surface area contributed by atoms with Gasteiger partial charge in [-0.05, 0) is 59.0 Å². The molecule has 59 heavy (non-hydrogen) atoms. The Hall–Kier alpha value is -8.02. The molecule has 0 bridgehead atoms. The monoisotopic (exact) mass is 754 g/mol. The topological polar surface area (TPSA) is 47.1 Å². The van der Waals surface area contributed by atoms with Crippen molar-refractivity contribution in [1.29, 1.82) is 0 Å². The van der Waals surface area contributed by atoms with Gasteiger partial charge in [0.1, 0.15) is 11.1 Å². The zero-order valence-electron chi connectivity index (χ0n) is 31.8. The van der Waals surface area contributed by atoms with Crippen LogP contribution in [0.4, 0.5) is 17.1 Å². The van der Waals surface area contributed by atoms with Crippen LogP contribution in [0.2, 0.25) is 0 Å². The van der Waals surface area contributed by atoms with Crippen molar-refractivity contribution in [3.8, 4) is 28.3 Å². The van der Waals surface area contributed by atoms with E-state index in [9.17, 15) is 0 Å². The summed E-state index contributed by atoms with van der Waals surface area (Å²) in [5.41, 5.74) is 11.9. The molecule has 0 unspecified atom stereocenters. The van der Waals surface area contributed by atoms with Gasteiger partial charge in [0.2, 0.25) is 5.95 Å². The molecule has 0 saturated heterocycles. The van der Waals surface area contributed by atoms with Gasteiger partial charge in [-0.1, -0.05) is 158 Å². The van der Waals surface area contributed by atoms with E-state index in [0.717, 1.165) is 93.7 Å². The molecule has 0 spiro atoms. The molecule has 12 rings (SSSR count). The summed E-state index contributed by atoms with van der Waals surface area (Å²) in [6.45, 7) is 0. The standard InChI is InChI=1S/C54H34N4O/c1-4-16-35(17-5-1)36-28-30-39(31-29-36)57(38-20-8-3-9-21-38)48-34-49-50(42-24-11-10-22-40(42)48)45-33-32-43-41-23-13-15-27-47(41)58(52(43)53(45)59-49)54-55-46-26-14-12-25-44(46)51(56-54)37-18-6-2-7-19-37/h1-34H. The fourth-order valence-electron chi connectivity index (χ4n) is 8.94. The fraction of sp³-hybridized carbons (Fsp3) is 0. The van der Waals surface area contributed by atoms with Gasteiger partial charge in [0.15, 0.2) is 5.58 Å². The second-order valence-electron chi connectivity index (χ2n) is 14.9. The van der Waals surface area contributed by atoms with Gasteiger partial charge in [0.25, 0.3) is 0 Å². The largest absolute Gasteiger partial charge is 0.454 e. The summed E-state index contributed by atoms with van der Waals surface area (Å²) in [6, 6.07) is 72.4. The molecule has 0 aliphatic heterocycles. The maximum absolute atomic E-state index is 7.20. The molecular weight excluding hydrogens is 721 g/mol. The lowest BCUT2D eigenvalue weighted by atomic mass is 10.00. The predicted octanol–water partition coefficient (Wildman–Crippen LogP) is 14.6. The van der Waals surface area contributed by atoms with E-state index in [1.165, 1.54) is 11.1 Å². The number of rotatable bonds is 6. The van der Waals surface area contributed by atoms with E-state index in [2.05, 4.69) is 198 Å². The van der Waals surface area contributed by atoms with Crippen LogP contribution in [0.3, 0.4) is 0 Å². The minimum atomic E-state index is 0.599. The molecule has 0 aliphatic rings. The van der Waals surface area contributed by atoms with Gasteiger partial charge in [0, 0.05) is 55.3 Å². The Bertz CT molecular complexity index is 3540. The van der Waals surface area contributed by atoms with E-state index in [4.69, 9.17) is 14.4 Å². The highest BCUT2D eigenvalue weighted by Gasteiger charge is 2.25. The molecule has 0 amide bonds. The number of hydrogen-bond donors (Lipinski definition) is 0. The third-order valence-electron chi connectivity index (χ3n) is 11.6. The summed E-state index contributed by atoms with van der Waals surface area (Å²) in [5.74, 6) is 0.599. The van der Waals surface area contributed by atoms with Crippen LogP contribution in [0.5, 0.6) is 0 Å². The van der Waals surface area contributed by atoms with Crippen molar-refractivity contribution in [3.63, 3.8) is 0 Å². The van der Waals surface area contributed by atoms with Crippen LogP contribution in [0, 0.1) is 0 Å². The number of para-hydroxylation sites is 3. The summed E-state index contributed by atoms with van der Waals surface area (Å²) in [6.07, 6.45) is 0. The molecule has 0 radical (unpaired) electrons. The zero-order chi connectivity index (χ0) is 38.9. The van der Waals surface area contributed by atoms with E-state index in [-0.39, 0.29) is 0 Å². The smallest absolute Gasteiger partial charge is 0.235 e. The van der Waals surface area contributed by atoms with Crippen molar-refractivity contribution in [3.05, 3.63) is 206 Å². The van der Waals surface area contributed by atoms with Crippen LogP contribution in [-0.4, -0.2) is 14.5 Å². The second-order valence-corrected chi connectivity index (χ2v) is 14.9. The molecular formula is C54H34N4O. The predicted molar refractivity (Wildman–Crippen MR) is 244 cm³/mol. The van der Waals surface area contributed by atoms with Crippen molar-refractivity contribution in [1.82, 2.24) is 14.5 Å². The first-order chi connectivity index (χ1) is 29.3. The first-order valence-corrected chi connectivity index (χ1v) is 19.9. The Morgan fingerprint density at radius 2 is 1.00 bits per heavy atom. The van der Waals surface area contributed by atoms with Crippen LogP contribution < -0.4 is 4.90 Å². The summed E-state index contributed by atoms with van der Waals surface area (Å²) >= 11 is 0. The molecule has 0 fully saturated rings. The number of aromatic nitrogens is 3. The number of benzene rings is 9. The molecule has 0 saturated carbocycles. The second kappa shape index (κ2) is 13.3. The van der Waals surface area contributed by atoms with E-state index < -0.39 is 0 Å². The SMILES string of the molecule is c1ccc(-c2ccc(N(c3ccccc3)c3cc4oc5c(ccc6c7ccccc7n(-c7nc(-c8ccccc8)c8ccccc8n7)c65)c4c4ccccc34)cc2)cc1. The number of hydrogen-bond acceptors (Lipinski definition) is 4. The normalized spacial score (nSPS) is 11.7. The third-order valence-corrected chi connectivity index (χ3v) is 11.6. The molecule has 0 aliphatic carbocycles. The van der Waals surface area contributed by atoms with Gasteiger partial charge >= 0.3 is 0 Å². The van der Waals surface area contributed by atoms with Crippen molar-refractivity contribution in [2.45, 2.75) is 0 Å². The van der Waals surface area contributed by atoms with E-state index >= 15 is 0 Å². The van der Waals surface area contributed by atoms with Gasteiger partial charge in [-0.2, -0.15) is 0 Å². The van der Waals surface area contributed by atoms with Crippen molar-refractivity contribution < 1.29 is 4.42 Å². The van der Waals surface area contributed by atoms with Crippen LogP contribution in [0.25, 0.3) is 93.8 Å². The Morgan fingerprint density at radius 1 is 0.424 bits per heavy atom. The summed E-state index contributed by atoms with van der Waals surface area (Å²) < 4.78 is 9.40. The zero-order valence-corrected chi connectivity index (χ0v) is 31.8. The van der Waals surface area contributed by atoms with Crippen LogP contribution >= 0.6 is 0 Å². The lowest BCUT2D eigenvalue weighted by Crippen LogP contribution is -2.10. The molecule has 276 valence electrons. The van der Waals surface area contributed by atoms with Gasteiger partial charge < -0.3 is 9.32 Å². The average molecular weight is 755 g/mol. The molecule has 3 heterocycles. The fourth-order valence-corrected chi connectivity index (χ4v) is 8.94. The Labute approximate surface area is 339 Å². The van der Waals surface area contributed by atoms with Crippen LogP contribution in [-0.2, 0) is 0 Å². The summed E-state index contributed by atoms with van der Waals surface area (Å²) in [4.78, 5) is 12.9. The lowest BCUT2D eigenvalue weighted by molar-refractivity contribution is 0.671. The van der Waals surface area contributed by atoms with E-state index in [0.29, 0.717) is 5.95 Å². The maximum Gasteiger partial charge on any atom is 0.235 e. The number of furan rings is 1. The quantitative estimate of drug-likeness (QED) is 0.170. The molecule has 12 aromatic rings. The Balaban J connectivity index is 1.14. The van der Waals surface area contributed by atoms with Gasteiger partial charge in [0.05, 0.1) is 22.4 Å². The highest BCUT2D eigenvalue weighted by atomic mass is 16.3. The first-order valence-electron chi connectivity index (χ1n) is 19.9. The molecule has 5 nitrogen and oxygen atoms in total. The van der Waals surface area contributed by atoms with Crippen LogP contribution in [0.1, 0.15) is 0 Å². The molecule has 0 atom stereocenters. The first kappa shape index (κ1) is 33.2. The van der Waals surface area contributed by atoms with Gasteiger partial charge in [-0.15, -0.1) is 0 Å². The van der Waals surface area contributed by atoms with E-state index in [1.54, 1.807) is 0 Å². The highest BCUT2D eigenvalue weighted by Crippen LogP contribution is 2.47. The average Bonchev–Trinajstić information content (AvgIpc) is 3.86.